The van der Waals surface area contributed by atoms with E-state index in [0.717, 1.165) is 23.4 Å². The molecule has 0 aliphatic carbocycles. The highest BCUT2D eigenvalue weighted by atomic mass is 16.5. The molecule has 0 unspecified atom stereocenters. The van der Waals surface area contributed by atoms with Gasteiger partial charge in [-0.25, -0.2) is 5.43 Å². The molecule has 0 atom stereocenters. The van der Waals surface area contributed by atoms with Crippen LogP contribution in [0.2, 0.25) is 0 Å². The third kappa shape index (κ3) is 4.71. The normalized spacial score (nSPS) is 10.9. The Bertz CT molecular complexity index is 1050. The summed E-state index contributed by atoms with van der Waals surface area (Å²) in [6.45, 7) is 6.11. The number of aryl methyl sites for hydroxylation is 2. The van der Waals surface area contributed by atoms with Crippen LogP contribution in [0.15, 0.2) is 59.7 Å². The second kappa shape index (κ2) is 9.78. The average molecular weight is 405 g/mol. The Kier molecular flexibility index (Phi) is 6.91. The zero-order valence-electron chi connectivity index (χ0n) is 17.8. The lowest BCUT2D eigenvalue weighted by Gasteiger charge is -2.13. The van der Waals surface area contributed by atoms with Crippen molar-refractivity contribution < 1.29 is 14.3 Å². The van der Waals surface area contributed by atoms with E-state index >= 15 is 0 Å². The fourth-order valence-electron chi connectivity index (χ4n) is 3.40. The van der Waals surface area contributed by atoms with Crippen LogP contribution in [0.1, 0.15) is 29.4 Å². The molecule has 1 amide bonds. The van der Waals surface area contributed by atoms with Crippen molar-refractivity contribution in [1.29, 1.82) is 0 Å². The number of carbonyl (C=O) groups is 1. The zero-order valence-corrected chi connectivity index (χ0v) is 17.8. The van der Waals surface area contributed by atoms with E-state index in [1.165, 1.54) is 11.3 Å². The molecule has 0 fully saturated rings. The lowest BCUT2D eigenvalue weighted by atomic mass is 10.1. The highest BCUT2D eigenvalue weighted by molar-refractivity contribution is 5.84. The summed E-state index contributed by atoms with van der Waals surface area (Å²) in [4.78, 5) is 12.1. The Morgan fingerprint density at radius 1 is 1.10 bits per heavy atom. The predicted molar refractivity (Wildman–Crippen MR) is 119 cm³/mol. The van der Waals surface area contributed by atoms with Crippen molar-refractivity contribution in [2.45, 2.75) is 27.2 Å². The van der Waals surface area contributed by atoms with Gasteiger partial charge < -0.3 is 14.0 Å². The molecule has 1 heterocycles. The fourth-order valence-corrected chi connectivity index (χ4v) is 3.40. The van der Waals surface area contributed by atoms with Gasteiger partial charge in [0.05, 0.1) is 13.3 Å². The van der Waals surface area contributed by atoms with Crippen molar-refractivity contribution in [2.75, 3.05) is 13.7 Å². The molecule has 6 heteroatoms. The largest absolute Gasteiger partial charge is 0.493 e. The van der Waals surface area contributed by atoms with E-state index in [1.54, 1.807) is 25.5 Å². The molecule has 1 aromatic heterocycles. The molecular weight excluding hydrogens is 378 g/mol. The lowest BCUT2D eigenvalue weighted by molar-refractivity contribution is -0.123. The summed E-state index contributed by atoms with van der Waals surface area (Å²) in [7, 11) is 1.56. The lowest BCUT2D eigenvalue weighted by Crippen LogP contribution is -2.24. The quantitative estimate of drug-likeness (QED) is 0.451. The highest BCUT2D eigenvalue weighted by Crippen LogP contribution is 2.25. The Morgan fingerprint density at radius 3 is 2.53 bits per heavy atom. The molecule has 0 saturated carbocycles. The van der Waals surface area contributed by atoms with E-state index in [2.05, 4.69) is 53.2 Å². The van der Waals surface area contributed by atoms with Crippen LogP contribution in [-0.2, 0) is 11.2 Å². The molecule has 156 valence electrons. The highest BCUT2D eigenvalue weighted by Gasteiger charge is 2.12. The number of ether oxygens (including phenoxy) is 2. The van der Waals surface area contributed by atoms with Gasteiger partial charge in [-0.15, -0.1) is 0 Å². The number of amides is 1. The average Bonchev–Trinajstić information content (AvgIpc) is 3.05. The Hall–Kier alpha value is -3.54. The first kappa shape index (κ1) is 21.2. The Balaban J connectivity index is 1.66. The number of hydrogen-bond acceptors (Lipinski definition) is 4. The number of nitrogens with zero attached hydrogens (tertiary/aromatic N) is 2. The maximum atomic E-state index is 12.1. The third-order valence-corrected chi connectivity index (χ3v) is 4.90. The molecule has 30 heavy (non-hydrogen) atoms. The van der Waals surface area contributed by atoms with Gasteiger partial charge in [-0.2, -0.15) is 5.10 Å². The smallest absolute Gasteiger partial charge is 0.277 e. The first-order valence-electron chi connectivity index (χ1n) is 9.90. The first-order valence-corrected chi connectivity index (χ1v) is 9.90. The van der Waals surface area contributed by atoms with E-state index in [0.29, 0.717) is 11.5 Å². The minimum absolute atomic E-state index is 0.152. The van der Waals surface area contributed by atoms with E-state index in [9.17, 15) is 4.79 Å². The molecule has 0 saturated heterocycles. The van der Waals surface area contributed by atoms with Crippen LogP contribution in [-0.4, -0.2) is 30.4 Å². The van der Waals surface area contributed by atoms with Gasteiger partial charge in [0.1, 0.15) is 0 Å². The topological polar surface area (TPSA) is 64.9 Å². The SMILES string of the molecule is CCc1ccccc1-n1c(C)cc(/C=N/NC(=O)COc2ccccc2OC)c1C. The summed E-state index contributed by atoms with van der Waals surface area (Å²) in [5.74, 6) is 0.744. The molecular formula is C24H27N3O3. The van der Waals surface area contributed by atoms with Crippen molar-refractivity contribution in [2.24, 2.45) is 5.10 Å². The van der Waals surface area contributed by atoms with Crippen LogP contribution in [0.5, 0.6) is 11.5 Å². The van der Waals surface area contributed by atoms with Crippen molar-refractivity contribution >= 4 is 12.1 Å². The van der Waals surface area contributed by atoms with E-state index in [4.69, 9.17) is 9.47 Å². The van der Waals surface area contributed by atoms with Crippen molar-refractivity contribution in [3.05, 3.63) is 77.1 Å². The number of hydrogen-bond donors (Lipinski definition) is 1. The van der Waals surface area contributed by atoms with E-state index < -0.39 is 0 Å². The summed E-state index contributed by atoms with van der Waals surface area (Å²) < 4.78 is 12.9. The van der Waals surface area contributed by atoms with Crippen LogP contribution in [0.3, 0.4) is 0 Å². The molecule has 0 bridgehead atoms. The minimum atomic E-state index is -0.345. The standard InChI is InChI=1S/C24H27N3O3/c1-5-19-10-6-7-11-21(19)27-17(2)14-20(18(27)3)15-25-26-24(28)16-30-23-13-9-8-12-22(23)29-4/h6-15H,5,16H2,1-4H3,(H,26,28)/b25-15+. The Morgan fingerprint density at radius 2 is 1.80 bits per heavy atom. The van der Waals surface area contributed by atoms with Crippen LogP contribution < -0.4 is 14.9 Å². The number of rotatable bonds is 8. The number of aromatic nitrogens is 1. The summed E-state index contributed by atoms with van der Waals surface area (Å²) in [6, 6.07) is 17.6. The predicted octanol–water partition coefficient (Wildman–Crippen LogP) is 4.19. The summed E-state index contributed by atoms with van der Waals surface area (Å²) in [5.41, 5.74) is 8.09. The minimum Gasteiger partial charge on any atom is -0.493 e. The van der Waals surface area contributed by atoms with Crippen LogP contribution in [0.25, 0.3) is 5.69 Å². The number of benzene rings is 2. The van der Waals surface area contributed by atoms with Gasteiger partial charge in [0, 0.05) is 22.6 Å². The van der Waals surface area contributed by atoms with Crippen molar-refractivity contribution in [3.8, 4) is 17.2 Å². The van der Waals surface area contributed by atoms with Crippen molar-refractivity contribution in [3.63, 3.8) is 0 Å². The second-order valence-corrected chi connectivity index (χ2v) is 6.88. The summed E-state index contributed by atoms with van der Waals surface area (Å²) in [6.07, 6.45) is 2.62. The fraction of sp³-hybridized carbons (Fsp3) is 0.250. The van der Waals surface area contributed by atoms with Crippen LogP contribution in [0, 0.1) is 13.8 Å². The van der Waals surface area contributed by atoms with Gasteiger partial charge in [0.15, 0.2) is 18.1 Å². The second-order valence-electron chi connectivity index (χ2n) is 6.88. The molecule has 0 aliphatic heterocycles. The molecule has 0 radical (unpaired) electrons. The maximum absolute atomic E-state index is 12.1. The van der Waals surface area contributed by atoms with Gasteiger partial charge in [-0.3, -0.25) is 4.79 Å². The number of nitrogens with one attached hydrogen (secondary N) is 1. The number of para-hydroxylation sites is 3. The molecule has 0 spiro atoms. The Labute approximate surface area is 177 Å². The summed E-state index contributed by atoms with van der Waals surface area (Å²) >= 11 is 0. The number of hydrazone groups is 1. The number of carbonyl (C=O) groups excluding carboxylic acids is 1. The van der Waals surface area contributed by atoms with Crippen LogP contribution in [0.4, 0.5) is 0 Å². The van der Waals surface area contributed by atoms with Gasteiger partial charge in [-0.05, 0) is 50.1 Å². The zero-order chi connectivity index (χ0) is 21.5. The van der Waals surface area contributed by atoms with Crippen LogP contribution >= 0.6 is 0 Å². The summed E-state index contributed by atoms with van der Waals surface area (Å²) in [5, 5.41) is 4.10. The van der Waals surface area contributed by atoms with Gasteiger partial charge in [0.25, 0.3) is 5.91 Å². The molecule has 0 aliphatic rings. The first-order chi connectivity index (χ1) is 14.5. The maximum Gasteiger partial charge on any atom is 0.277 e. The van der Waals surface area contributed by atoms with Crippen molar-refractivity contribution in [1.82, 2.24) is 9.99 Å². The molecule has 1 N–H and O–H groups in total. The van der Waals surface area contributed by atoms with E-state index in [1.807, 2.05) is 25.1 Å². The van der Waals surface area contributed by atoms with Gasteiger partial charge >= 0.3 is 0 Å². The molecule has 2 aromatic carbocycles. The molecule has 6 nitrogen and oxygen atoms in total. The third-order valence-electron chi connectivity index (χ3n) is 4.90. The van der Waals surface area contributed by atoms with Gasteiger partial charge in [0.2, 0.25) is 0 Å². The number of methoxy groups -OCH3 is 1. The molecule has 3 aromatic rings. The monoisotopic (exact) mass is 405 g/mol. The van der Waals surface area contributed by atoms with E-state index in [-0.39, 0.29) is 12.5 Å². The molecule has 3 rings (SSSR count). The van der Waals surface area contributed by atoms with Gasteiger partial charge in [-0.1, -0.05) is 37.3 Å².